The second-order valence-corrected chi connectivity index (χ2v) is 5.84. The van der Waals surface area contributed by atoms with Crippen molar-refractivity contribution in [1.29, 1.82) is 0 Å². The van der Waals surface area contributed by atoms with Crippen LogP contribution in [0, 0.1) is 16.7 Å². The van der Waals surface area contributed by atoms with Gasteiger partial charge in [0, 0.05) is 17.7 Å². The summed E-state index contributed by atoms with van der Waals surface area (Å²) in [6.45, 7) is 6.47. The second kappa shape index (κ2) is 2.06. The molecule has 0 radical (unpaired) electrons. The lowest BCUT2D eigenvalue weighted by Crippen LogP contribution is -2.28. The Hall–Kier alpha value is -0.0400. The molecule has 2 saturated carbocycles. The van der Waals surface area contributed by atoms with Crippen LogP contribution in [0.3, 0.4) is 0 Å². The molecule has 0 amide bonds. The molecular weight excluding hydrogens is 172 g/mol. The van der Waals surface area contributed by atoms with E-state index < -0.39 is 0 Å². The normalized spacial score (nSPS) is 50.2. The lowest BCUT2D eigenvalue weighted by atomic mass is 9.72. The van der Waals surface area contributed by atoms with Crippen LogP contribution in [-0.2, 0) is 4.79 Å². The van der Waals surface area contributed by atoms with Crippen molar-refractivity contribution in [1.82, 2.24) is 0 Å². The predicted octanol–water partition coefficient (Wildman–Crippen LogP) is 2.62. The molecule has 12 heavy (non-hydrogen) atoms. The fraction of sp³-hybridized carbons (Fsp3) is 0.900. The second-order valence-electron chi connectivity index (χ2n) is 5.37. The van der Waals surface area contributed by atoms with Crippen LogP contribution in [0.25, 0.3) is 0 Å². The molecule has 3 atom stereocenters. The third kappa shape index (κ3) is 0.953. The van der Waals surface area contributed by atoms with Crippen molar-refractivity contribution in [2.24, 2.45) is 16.7 Å². The Morgan fingerprint density at radius 2 is 2.00 bits per heavy atom. The highest BCUT2D eigenvalue weighted by molar-refractivity contribution is 6.26. The van der Waals surface area contributed by atoms with Gasteiger partial charge in [0.1, 0.15) is 5.78 Å². The Balaban J connectivity index is 2.26. The van der Waals surface area contributed by atoms with Crippen LogP contribution < -0.4 is 0 Å². The molecule has 0 bridgehead atoms. The number of ketones is 1. The number of hydrogen-bond acceptors (Lipinski definition) is 1. The highest BCUT2D eigenvalue weighted by Crippen LogP contribution is 2.66. The molecule has 0 aliphatic heterocycles. The predicted molar refractivity (Wildman–Crippen MR) is 49.3 cm³/mol. The molecule has 2 aliphatic rings. The molecule has 0 N–H and O–H groups in total. The van der Waals surface area contributed by atoms with Crippen LogP contribution in [0.1, 0.15) is 33.6 Å². The highest BCUT2D eigenvalue weighted by atomic mass is 35.5. The number of Topliss-reactive ketones (excluding diaryl/α,β-unsaturated/α-hetero) is 1. The smallest absolute Gasteiger partial charge is 0.138 e. The van der Waals surface area contributed by atoms with E-state index in [2.05, 4.69) is 20.8 Å². The van der Waals surface area contributed by atoms with Crippen LogP contribution in [-0.4, -0.2) is 11.2 Å². The SMILES string of the molecule is CC1(C)CC(=O)[C@@H]2[C@@H](Cl)[C@]2(C)C1. The first-order valence-corrected chi connectivity index (χ1v) is 4.97. The minimum absolute atomic E-state index is 0.117. The lowest BCUT2D eigenvalue weighted by molar-refractivity contribution is -0.125. The molecule has 2 fully saturated rings. The first kappa shape index (κ1) is 8.55. The fourth-order valence-electron chi connectivity index (χ4n) is 2.92. The summed E-state index contributed by atoms with van der Waals surface area (Å²) in [4.78, 5) is 11.6. The van der Waals surface area contributed by atoms with E-state index in [4.69, 9.17) is 11.6 Å². The van der Waals surface area contributed by atoms with Gasteiger partial charge in [-0.3, -0.25) is 4.79 Å². The van der Waals surface area contributed by atoms with Gasteiger partial charge < -0.3 is 0 Å². The van der Waals surface area contributed by atoms with Crippen molar-refractivity contribution in [2.45, 2.75) is 39.0 Å². The summed E-state index contributed by atoms with van der Waals surface area (Å²) in [7, 11) is 0. The van der Waals surface area contributed by atoms with Crippen LogP contribution in [0.4, 0.5) is 0 Å². The zero-order valence-corrected chi connectivity index (χ0v) is 8.61. The van der Waals surface area contributed by atoms with Gasteiger partial charge in [0.15, 0.2) is 0 Å². The van der Waals surface area contributed by atoms with E-state index in [-0.39, 0.29) is 22.1 Å². The largest absolute Gasteiger partial charge is 0.299 e. The molecule has 2 heteroatoms. The Labute approximate surface area is 78.5 Å². The molecule has 2 rings (SSSR count). The maximum absolute atomic E-state index is 11.6. The highest BCUT2D eigenvalue weighted by Gasteiger charge is 2.67. The quantitative estimate of drug-likeness (QED) is 0.532. The minimum Gasteiger partial charge on any atom is -0.299 e. The molecule has 2 aliphatic carbocycles. The molecule has 0 heterocycles. The molecule has 0 aromatic carbocycles. The fourth-order valence-corrected chi connectivity index (χ4v) is 3.49. The Bertz CT molecular complexity index is 246. The van der Waals surface area contributed by atoms with Gasteiger partial charge in [-0.25, -0.2) is 0 Å². The number of alkyl halides is 1. The minimum atomic E-state index is 0.117. The first-order chi connectivity index (χ1) is 5.37. The summed E-state index contributed by atoms with van der Waals surface area (Å²) in [5.74, 6) is 0.556. The van der Waals surface area contributed by atoms with E-state index in [1.54, 1.807) is 0 Å². The Morgan fingerprint density at radius 1 is 1.42 bits per heavy atom. The molecule has 0 spiro atoms. The van der Waals surface area contributed by atoms with Crippen molar-refractivity contribution in [2.75, 3.05) is 0 Å². The van der Waals surface area contributed by atoms with Crippen molar-refractivity contribution >= 4 is 17.4 Å². The van der Waals surface area contributed by atoms with E-state index in [0.29, 0.717) is 5.78 Å². The van der Waals surface area contributed by atoms with Crippen molar-refractivity contribution in [3.63, 3.8) is 0 Å². The molecule has 1 nitrogen and oxygen atoms in total. The van der Waals surface area contributed by atoms with Gasteiger partial charge in [-0.1, -0.05) is 20.8 Å². The number of fused-ring (bicyclic) bond motifs is 1. The van der Waals surface area contributed by atoms with Gasteiger partial charge in [0.05, 0.1) is 0 Å². The van der Waals surface area contributed by atoms with Crippen LogP contribution in [0.2, 0.25) is 0 Å². The number of carbonyl (C=O) groups is 1. The average Bonchev–Trinajstić information content (AvgIpc) is 2.30. The summed E-state index contributed by atoms with van der Waals surface area (Å²) in [5, 5.41) is 0.117. The molecule has 0 unspecified atom stereocenters. The third-order valence-corrected chi connectivity index (χ3v) is 4.13. The van der Waals surface area contributed by atoms with E-state index in [9.17, 15) is 4.79 Å². The number of hydrogen-bond donors (Lipinski definition) is 0. The van der Waals surface area contributed by atoms with Gasteiger partial charge in [0.2, 0.25) is 0 Å². The number of halogens is 1. The van der Waals surface area contributed by atoms with Gasteiger partial charge in [-0.2, -0.15) is 0 Å². The summed E-state index contributed by atoms with van der Waals surface area (Å²) in [5.41, 5.74) is 0.298. The molecule has 68 valence electrons. The lowest BCUT2D eigenvalue weighted by Gasteiger charge is -2.32. The topological polar surface area (TPSA) is 17.1 Å². The van der Waals surface area contributed by atoms with Crippen LogP contribution >= 0.6 is 11.6 Å². The first-order valence-electron chi connectivity index (χ1n) is 4.54. The maximum atomic E-state index is 11.6. The molecule has 0 aromatic heterocycles. The van der Waals surface area contributed by atoms with Crippen LogP contribution in [0.5, 0.6) is 0 Å². The summed E-state index contributed by atoms with van der Waals surface area (Å²) >= 11 is 6.10. The Kier molecular flexibility index (Phi) is 1.47. The average molecular weight is 187 g/mol. The standard InChI is InChI=1S/C10H15ClO/c1-9(2)4-6(12)7-8(11)10(7,3)5-9/h7-8H,4-5H2,1-3H3/t7-,8-,10-/m1/s1. The van der Waals surface area contributed by atoms with Gasteiger partial charge in [-0.05, 0) is 17.3 Å². The van der Waals surface area contributed by atoms with Gasteiger partial charge in [-0.15, -0.1) is 11.6 Å². The number of carbonyl (C=O) groups excluding carboxylic acids is 1. The zero-order valence-electron chi connectivity index (χ0n) is 7.86. The van der Waals surface area contributed by atoms with E-state index in [0.717, 1.165) is 12.8 Å². The van der Waals surface area contributed by atoms with Crippen molar-refractivity contribution < 1.29 is 4.79 Å². The summed E-state index contributed by atoms with van der Waals surface area (Å²) in [6.07, 6.45) is 1.82. The molecule has 0 saturated heterocycles. The Morgan fingerprint density at radius 3 is 2.50 bits per heavy atom. The molecule has 0 aromatic rings. The van der Waals surface area contributed by atoms with Gasteiger partial charge in [0.25, 0.3) is 0 Å². The van der Waals surface area contributed by atoms with Crippen molar-refractivity contribution in [3.8, 4) is 0 Å². The maximum Gasteiger partial charge on any atom is 0.138 e. The summed E-state index contributed by atoms with van der Waals surface area (Å²) < 4.78 is 0. The summed E-state index contributed by atoms with van der Waals surface area (Å²) in [6, 6.07) is 0. The van der Waals surface area contributed by atoms with E-state index in [1.807, 2.05) is 0 Å². The van der Waals surface area contributed by atoms with Crippen LogP contribution in [0.15, 0.2) is 0 Å². The molecular formula is C10H15ClO. The van der Waals surface area contributed by atoms with Gasteiger partial charge >= 0.3 is 0 Å². The third-order valence-electron chi connectivity index (χ3n) is 3.38. The van der Waals surface area contributed by atoms with Crippen molar-refractivity contribution in [3.05, 3.63) is 0 Å². The monoisotopic (exact) mass is 186 g/mol. The zero-order chi connectivity index (χ0) is 9.15. The van der Waals surface area contributed by atoms with E-state index in [1.165, 1.54) is 0 Å². The van der Waals surface area contributed by atoms with E-state index >= 15 is 0 Å². The number of rotatable bonds is 0.